The lowest BCUT2D eigenvalue weighted by atomic mass is 9.58. The number of nitrogens with two attached hydrogens (primary N) is 1. The van der Waals surface area contributed by atoms with Gasteiger partial charge in [-0.25, -0.2) is 4.98 Å². The van der Waals surface area contributed by atoms with Gasteiger partial charge in [0.05, 0.1) is 11.6 Å². The molecule has 0 bridgehead atoms. The van der Waals surface area contributed by atoms with Crippen molar-refractivity contribution in [2.45, 2.75) is 44.8 Å². The molecule has 37 heavy (non-hydrogen) atoms. The van der Waals surface area contributed by atoms with E-state index in [1.807, 2.05) is 13.8 Å². The molecule has 3 aliphatic carbocycles. The van der Waals surface area contributed by atoms with Crippen LogP contribution in [0.1, 0.15) is 42.6 Å². The first-order chi connectivity index (χ1) is 17.2. The van der Waals surface area contributed by atoms with Crippen LogP contribution in [0, 0.1) is 17.8 Å². The number of hydrogen-bond donors (Lipinski definition) is 6. The van der Waals surface area contributed by atoms with Crippen LogP contribution in [-0.2, 0) is 16.0 Å². The molecule has 4 rings (SSSR count). The third-order valence-corrected chi connectivity index (χ3v) is 7.86. The average molecular weight is 535 g/mol. The van der Waals surface area contributed by atoms with Crippen molar-refractivity contribution < 1.29 is 34.8 Å². The average Bonchev–Trinajstić information content (AvgIpc) is 2.78. The Morgan fingerprint density at radius 3 is 2.49 bits per heavy atom. The Morgan fingerprint density at radius 1 is 1.27 bits per heavy atom. The van der Waals surface area contributed by atoms with Gasteiger partial charge >= 0.3 is 0 Å². The second-order valence-electron chi connectivity index (χ2n) is 10.5. The zero-order valence-electron chi connectivity index (χ0n) is 21.0. The molecule has 1 amide bonds. The molecule has 12 heteroatoms. The molecule has 0 aromatic carbocycles. The number of Topliss-reactive ketones (excluding diaryl/α,β-unsaturated/α-hetero) is 2. The third kappa shape index (κ3) is 3.96. The zero-order valence-corrected chi connectivity index (χ0v) is 21.8. The molecule has 1 aromatic rings. The topological polar surface area (TPSA) is 186 Å². The highest BCUT2D eigenvalue weighted by Crippen LogP contribution is 2.53. The standard InChI is InChI=1S/C25H31ClN4O7/c1-9(2)5-6-28-24-19(33)14-11(22(26)29-24)7-10-8-12-16(30(3)4)18(32)15(23(27)36)21(35)25(12,37)20(34)13(10)17(14)31/h9-10,12,16,32-34,37H,5-8H2,1-4H3,(H2,27,36)(H,28,29)/t10-,12-,16-,25-/m0/s1. The number of pyridine rings is 1. The number of likely N-dealkylation sites (N-methyl/N-ethyl adjacent to an activating group) is 1. The fourth-order valence-electron chi connectivity index (χ4n) is 5.77. The van der Waals surface area contributed by atoms with Gasteiger partial charge in [0.15, 0.2) is 23.0 Å². The van der Waals surface area contributed by atoms with E-state index in [4.69, 9.17) is 17.3 Å². The summed E-state index contributed by atoms with van der Waals surface area (Å²) in [5, 5.41) is 47.6. The van der Waals surface area contributed by atoms with Gasteiger partial charge in [-0.15, -0.1) is 0 Å². The molecule has 0 aliphatic heterocycles. The van der Waals surface area contributed by atoms with Crippen LogP contribution in [0.3, 0.4) is 0 Å². The molecule has 0 fully saturated rings. The Bertz CT molecular complexity index is 1270. The predicted octanol–water partition coefficient (Wildman–Crippen LogP) is 1.63. The summed E-state index contributed by atoms with van der Waals surface area (Å²) >= 11 is 6.43. The van der Waals surface area contributed by atoms with E-state index in [-0.39, 0.29) is 40.5 Å². The maximum absolute atomic E-state index is 13.7. The lowest BCUT2D eigenvalue weighted by Crippen LogP contribution is -2.63. The number of carbonyl (C=O) groups is 3. The number of fused-ring (bicyclic) bond motifs is 3. The molecule has 200 valence electrons. The highest BCUT2D eigenvalue weighted by Gasteiger charge is 2.63. The number of primary amides is 1. The Balaban J connectivity index is 1.87. The number of aromatic nitrogens is 1. The normalized spacial score (nSPS) is 27.4. The summed E-state index contributed by atoms with van der Waals surface area (Å²) in [5.74, 6) is -6.77. The Morgan fingerprint density at radius 2 is 1.92 bits per heavy atom. The van der Waals surface area contributed by atoms with Crippen LogP contribution >= 0.6 is 11.6 Å². The highest BCUT2D eigenvalue weighted by molar-refractivity contribution is 6.32. The van der Waals surface area contributed by atoms with Crippen molar-refractivity contribution in [1.82, 2.24) is 9.88 Å². The van der Waals surface area contributed by atoms with Gasteiger partial charge in [0.25, 0.3) is 5.91 Å². The quantitative estimate of drug-likeness (QED) is 0.231. The van der Waals surface area contributed by atoms with E-state index in [0.717, 1.165) is 6.42 Å². The maximum atomic E-state index is 13.7. The van der Waals surface area contributed by atoms with Crippen LogP contribution in [0.5, 0.6) is 5.75 Å². The Kier molecular flexibility index (Phi) is 6.76. The number of halogens is 1. The van der Waals surface area contributed by atoms with Crippen molar-refractivity contribution in [2.24, 2.45) is 23.5 Å². The predicted molar refractivity (Wildman–Crippen MR) is 134 cm³/mol. The van der Waals surface area contributed by atoms with Crippen LogP contribution in [0.4, 0.5) is 5.82 Å². The smallest absolute Gasteiger partial charge is 0.255 e. The molecule has 0 spiro atoms. The number of ketones is 2. The summed E-state index contributed by atoms with van der Waals surface area (Å²) < 4.78 is 0. The molecule has 1 aromatic heterocycles. The first kappa shape index (κ1) is 26.9. The van der Waals surface area contributed by atoms with Crippen LogP contribution in [0.2, 0.25) is 5.15 Å². The summed E-state index contributed by atoms with van der Waals surface area (Å²) in [6.07, 6.45) is 0.835. The fraction of sp³-hybridized carbons (Fsp3) is 0.520. The Hall–Kier alpha value is -3.15. The van der Waals surface area contributed by atoms with E-state index in [9.17, 15) is 34.8 Å². The SMILES string of the molecule is CC(C)CCNc1nc(Cl)c2c(c1O)C(=O)C1=C(O)[C@]3(O)C(=O)C(C(N)=O)=C(O)[C@@H](N(C)C)[C@@H]3C[C@@H]1C2. The molecule has 0 saturated heterocycles. The van der Waals surface area contributed by atoms with E-state index >= 15 is 0 Å². The van der Waals surface area contributed by atoms with Crippen LogP contribution in [0.15, 0.2) is 22.7 Å². The summed E-state index contributed by atoms with van der Waals surface area (Å²) in [6.45, 7) is 4.52. The number of aromatic hydroxyl groups is 1. The Labute approximate surface area is 218 Å². The molecular formula is C25H31ClN4O7. The first-order valence-corrected chi connectivity index (χ1v) is 12.4. The number of carbonyl (C=O) groups excluding carboxylic acids is 3. The summed E-state index contributed by atoms with van der Waals surface area (Å²) in [5.41, 5.74) is 1.67. The van der Waals surface area contributed by atoms with E-state index in [1.165, 1.54) is 4.90 Å². The number of nitrogens with one attached hydrogen (secondary N) is 1. The van der Waals surface area contributed by atoms with Gasteiger partial charge in [0, 0.05) is 23.6 Å². The van der Waals surface area contributed by atoms with Crippen LogP contribution in [0.25, 0.3) is 0 Å². The van der Waals surface area contributed by atoms with Crippen LogP contribution < -0.4 is 11.1 Å². The van der Waals surface area contributed by atoms with Crippen molar-refractivity contribution in [1.29, 1.82) is 0 Å². The first-order valence-electron chi connectivity index (χ1n) is 12.0. The van der Waals surface area contributed by atoms with Crippen molar-refractivity contribution in [3.8, 4) is 5.75 Å². The van der Waals surface area contributed by atoms with E-state index in [1.54, 1.807) is 14.1 Å². The minimum Gasteiger partial charge on any atom is -0.510 e. The molecule has 11 nitrogen and oxygen atoms in total. The molecule has 0 radical (unpaired) electrons. The molecule has 3 aliphatic rings. The number of aliphatic hydroxyl groups is 3. The van der Waals surface area contributed by atoms with Gasteiger partial charge in [-0.1, -0.05) is 25.4 Å². The van der Waals surface area contributed by atoms with Gasteiger partial charge in [-0.05, 0) is 45.2 Å². The van der Waals surface area contributed by atoms with Gasteiger partial charge in [-0.3, -0.25) is 19.3 Å². The number of aliphatic hydroxyl groups excluding tert-OH is 2. The number of rotatable bonds is 6. The van der Waals surface area contributed by atoms with Crippen LogP contribution in [-0.4, -0.2) is 80.1 Å². The van der Waals surface area contributed by atoms with Gasteiger partial charge < -0.3 is 31.5 Å². The summed E-state index contributed by atoms with van der Waals surface area (Å²) in [7, 11) is 3.14. The van der Waals surface area contributed by atoms with E-state index in [2.05, 4.69) is 10.3 Å². The lowest BCUT2D eigenvalue weighted by Gasteiger charge is -2.50. The molecule has 7 N–H and O–H groups in total. The number of anilines is 1. The lowest BCUT2D eigenvalue weighted by molar-refractivity contribution is -0.148. The number of amides is 1. The van der Waals surface area contributed by atoms with E-state index in [0.29, 0.717) is 12.5 Å². The van der Waals surface area contributed by atoms with Gasteiger partial charge in [-0.2, -0.15) is 0 Å². The molecule has 0 unspecified atom stereocenters. The van der Waals surface area contributed by atoms with Gasteiger partial charge in [0.2, 0.25) is 5.78 Å². The van der Waals surface area contributed by atoms with Crippen molar-refractivity contribution in [3.05, 3.63) is 38.9 Å². The second-order valence-corrected chi connectivity index (χ2v) is 10.9. The maximum Gasteiger partial charge on any atom is 0.255 e. The molecular weight excluding hydrogens is 504 g/mol. The number of hydrogen-bond acceptors (Lipinski definition) is 10. The molecule has 0 saturated carbocycles. The zero-order chi connectivity index (χ0) is 27.6. The summed E-state index contributed by atoms with van der Waals surface area (Å²) in [6, 6.07) is -1.06. The molecule has 4 atom stereocenters. The minimum absolute atomic E-state index is 0.00831. The second kappa shape index (κ2) is 9.30. The van der Waals surface area contributed by atoms with Gasteiger partial charge in [0.1, 0.15) is 22.2 Å². The molecule has 1 heterocycles. The minimum atomic E-state index is -2.69. The largest absolute Gasteiger partial charge is 0.510 e. The third-order valence-electron chi connectivity index (χ3n) is 7.55. The van der Waals surface area contributed by atoms with E-state index < -0.39 is 63.8 Å². The van der Waals surface area contributed by atoms with Crippen molar-refractivity contribution >= 4 is 34.9 Å². The highest BCUT2D eigenvalue weighted by atomic mass is 35.5. The van der Waals surface area contributed by atoms with Crippen molar-refractivity contribution in [3.63, 3.8) is 0 Å². The fourth-order valence-corrected chi connectivity index (χ4v) is 6.02. The summed E-state index contributed by atoms with van der Waals surface area (Å²) in [4.78, 5) is 44.8. The monoisotopic (exact) mass is 534 g/mol. The van der Waals surface area contributed by atoms with Crippen molar-refractivity contribution in [2.75, 3.05) is 26.0 Å². The number of nitrogens with zero attached hydrogens (tertiary/aromatic N) is 2. The number of allylic oxidation sites excluding steroid dienone is 1.